The molecule has 0 bridgehead atoms. The van der Waals surface area contributed by atoms with Crippen molar-refractivity contribution in [2.75, 3.05) is 5.32 Å². The summed E-state index contributed by atoms with van der Waals surface area (Å²) in [6.07, 6.45) is -5.47. The number of carbonyl (C=O) groups is 2. The van der Waals surface area contributed by atoms with Crippen LogP contribution in [0, 0.1) is 0 Å². The van der Waals surface area contributed by atoms with Gasteiger partial charge in [-0.05, 0) is 45.0 Å². The van der Waals surface area contributed by atoms with Crippen molar-refractivity contribution in [3.8, 4) is 5.69 Å². The Morgan fingerprint density at radius 1 is 1.15 bits per heavy atom. The van der Waals surface area contributed by atoms with Crippen molar-refractivity contribution in [1.82, 2.24) is 15.0 Å². The first kappa shape index (κ1) is 19.2. The monoisotopic (exact) mass is 372 g/mol. The normalized spacial score (nSPS) is 11.9. The van der Waals surface area contributed by atoms with E-state index in [0.29, 0.717) is 0 Å². The minimum absolute atomic E-state index is 0.0279. The number of benzene rings is 1. The molecule has 0 unspecified atom stereocenters. The maximum absolute atomic E-state index is 12.6. The second-order valence-electron chi connectivity index (χ2n) is 6.18. The highest BCUT2D eigenvalue weighted by atomic mass is 19.4. The van der Waals surface area contributed by atoms with Gasteiger partial charge in [0.05, 0.1) is 11.3 Å². The number of rotatable bonds is 3. The van der Waals surface area contributed by atoms with Crippen LogP contribution >= 0.6 is 0 Å². The molecule has 0 aliphatic rings. The molecule has 8 nitrogen and oxygen atoms in total. The Kier molecular flexibility index (Phi) is 4.92. The predicted octanol–water partition coefficient (Wildman–Crippen LogP) is 3.33. The topological polar surface area (TPSA) is 106 Å². The van der Waals surface area contributed by atoms with Gasteiger partial charge in [-0.3, -0.25) is 5.32 Å². The van der Waals surface area contributed by atoms with E-state index in [1.54, 1.807) is 20.8 Å². The zero-order valence-electron chi connectivity index (χ0n) is 14.0. The number of alkyl halides is 3. The van der Waals surface area contributed by atoms with Gasteiger partial charge in [0, 0.05) is 0 Å². The van der Waals surface area contributed by atoms with Crippen molar-refractivity contribution in [2.45, 2.75) is 32.5 Å². The Balaban J connectivity index is 2.35. The lowest BCUT2D eigenvalue weighted by molar-refractivity contribution is -0.137. The number of halogens is 3. The van der Waals surface area contributed by atoms with E-state index in [-0.39, 0.29) is 5.69 Å². The van der Waals surface area contributed by atoms with Crippen molar-refractivity contribution < 1.29 is 32.6 Å². The molecule has 26 heavy (non-hydrogen) atoms. The number of aromatic carboxylic acids is 1. The molecule has 1 aromatic carbocycles. The number of hydrogen-bond acceptors (Lipinski definition) is 5. The van der Waals surface area contributed by atoms with E-state index in [2.05, 4.69) is 15.6 Å². The van der Waals surface area contributed by atoms with Gasteiger partial charge in [-0.2, -0.15) is 13.2 Å². The minimum atomic E-state index is -4.53. The fraction of sp³-hybridized carbons (Fsp3) is 0.333. The third kappa shape index (κ3) is 4.49. The summed E-state index contributed by atoms with van der Waals surface area (Å²) in [5, 5.41) is 18.6. The molecule has 0 atom stereocenters. The van der Waals surface area contributed by atoms with Crippen molar-refractivity contribution in [2.24, 2.45) is 0 Å². The SMILES string of the molecule is CC(C)(C)OC(=O)Nc1nnn(-c2ccc(C(F)(F)F)cc2)c1C(=O)O. The summed E-state index contributed by atoms with van der Waals surface area (Å²) in [7, 11) is 0. The number of carbonyl (C=O) groups excluding carboxylic acids is 1. The quantitative estimate of drug-likeness (QED) is 0.856. The van der Waals surface area contributed by atoms with Gasteiger partial charge in [-0.15, -0.1) is 5.10 Å². The third-order valence-electron chi connectivity index (χ3n) is 2.93. The van der Waals surface area contributed by atoms with E-state index in [1.165, 1.54) is 0 Å². The lowest BCUT2D eigenvalue weighted by atomic mass is 10.2. The second-order valence-corrected chi connectivity index (χ2v) is 6.18. The van der Waals surface area contributed by atoms with Gasteiger partial charge >= 0.3 is 18.2 Å². The van der Waals surface area contributed by atoms with Crippen LogP contribution in [0.2, 0.25) is 0 Å². The lowest BCUT2D eigenvalue weighted by Gasteiger charge is -2.19. The number of nitrogens with one attached hydrogen (secondary N) is 1. The van der Waals surface area contributed by atoms with Crippen LogP contribution in [0.15, 0.2) is 24.3 Å². The zero-order chi connectivity index (χ0) is 19.7. The van der Waals surface area contributed by atoms with Crippen LogP contribution in [0.5, 0.6) is 0 Å². The van der Waals surface area contributed by atoms with Crippen molar-refractivity contribution >= 4 is 17.9 Å². The third-order valence-corrected chi connectivity index (χ3v) is 2.93. The zero-order valence-corrected chi connectivity index (χ0v) is 14.0. The van der Waals surface area contributed by atoms with Crippen molar-refractivity contribution in [3.05, 3.63) is 35.5 Å². The molecule has 0 spiro atoms. The van der Waals surface area contributed by atoms with Crippen LogP contribution in [-0.4, -0.2) is 37.8 Å². The summed E-state index contributed by atoms with van der Waals surface area (Å²) < 4.78 is 43.7. The number of hydrogen-bond donors (Lipinski definition) is 2. The average Bonchev–Trinajstić information content (AvgIpc) is 2.88. The van der Waals surface area contributed by atoms with Gasteiger partial charge in [0.25, 0.3) is 0 Å². The molecule has 1 amide bonds. The first-order chi connectivity index (χ1) is 11.9. The van der Waals surface area contributed by atoms with Gasteiger partial charge in [0.15, 0.2) is 11.5 Å². The molecule has 140 valence electrons. The molecule has 0 saturated heterocycles. The molecular weight excluding hydrogens is 357 g/mol. The van der Waals surface area contributed by atoms with E-state index in [4.69, 9.17) is 4.74 Å². The first-order valence-electron chi connectivity index (χ1n) is 7.25. The van der Waals surface area contributed by atoms with Gasteiger partial charge in [-0.25, -0.2) is 14.3 Å². The van der Waals surface area contributed by atoms with Crippen LogP contribution in [0.3, 0.4) is 0 Å². The number of anilines is 1. The smallest absolute Gasteiger partial charge is 0.416 e. The molecule has 2 N–H and O–H groups in total. The van der Waals surface area contributed by atoms with Crippen LogP contribution in [0.1, 0.15) is 36.8 Å². The molecule has 1 heterocycles. The number of amides is 1. The average molecular weight is 372 g/mol. The molecule has 0 fully saturated rings. The lowest BCUT2D eigenvalue weighted by Crippen LogP contribution is -2.28. The highest BCUT2D eigenvalue weighted by Gasteiger charge is 2.30. The van der Waals surface area contributed by atoms with Gasteiger partial charge < -0.3 is 9.84 Å². The Morgan fingerprint density at radius 3 is 2.19 bits per heavy atom. The Hall–Kier alpha value is -3.11. The molecule has 2 aromatic rings. The van der Waals surface area contributed by atoms with E-state index in [1.807, 2.05) is 0 Å². The van der Waals surface area contributed by atoms with Crippen LogP contribution in [-0.2, 0) is 10.9 Å². The molecule has 2 rings (SSSR count). The van der Waals surface area contributed by atoms with Gasteiger partial charge in [-0.1, -0.05) is 5.21 Å². The summed E-state index contributed by atoms with van der Waals surface area (Å²) in [5.74, 6) is -1.88. The van der Waals surface area contributed by atoms with Crippen LogP contribution in [0.25, 0.3) is 5.69 Å². The van der Waals surface area contributed by atoms with E-state index in [0.717, 1.165) is 28.9 Å². The standard InChI is InChI=1S/C15H15F3N4O4/c1-14(2,3)26-13(25)19-11-10(12(23)24)22(21-20-11)9-6-4-8(5-7-9)15(16,17)18/h4-7H,1-3H3,(H,19,25)(H,23,24). The maximum atomic E-state index is 12.6. The van der Waals surface area contributed by atoms with Gasteiger partial charge in [0.2, 0.25) is 0 Å². The molecule has 0 aliphatic heterocycles. The highest BCUT2D eigenvalue weighted by Crippen LogP contribution is 2.30. The highest BCUT2D eigenvalue weighted by molar-refractivity contribution is 5.96. The largest absolute Gasteiger partial charge is 0.476 e. The molecule has 0 aliphatic carbocycles. The molecule has 1 aromatic heterocycles. The van der Waals surface area contributed by atoms with Crippen LogP contribution in [0.4, 0.5) is 23.8 Å². The van der Waals surface area contributed by atoms with Crippen molar-refractivity contribution in [1.29, 1.82) is 0 Å². The fourth-order valence-corrected chi connectivity index (χ4v) is 1.93. The molecule has 11 heteroatoms. The van der Waals surface area contributed by atoms with Crippen molar-refractivity contribution in [3.63, 3.8) is 0 Å². The Morgan fingerprint density at radius 2 is 1.73 bits per heavy atom. The van der Waals surface area contributed by atoms with E-state index in [9.17, 15) is 27.9 Å². The predicted molar refractivity (Wildman–Crippen MR) is 83.2 cm³/mol. The summed E-state index contributed by atoms with van der Waals surface area (Å²) in [4.78, 5) is 23.3. The fourth-order valence-electron chi connectivity index (χ4n) is 1.93. The minimum Gasteiger partial charge on any atom is -0.476 e. The summed E-state index contributed by atoms with van der Waals surface area (Å²) in [6.45, 7) is 4.84. The number of carboxylic acid groups (broad SMARTS) is 1. The second kappa shape index (κ2) is 6.65. The Bertz CT molecular complexity index is 823. The van der Waals surface area contributed by atoms with Crippen LogP contribution < -0.4 is 5.32 Å². The van der Waals surface area contributed by atoms with E-state index >= 15 is 0 Å². The van der Waals surface area contributed by atoms with E-state index < -0.39 is 40.9 Å². The summed E-state index contributed by atoms with van der Waals surface area (Å²) in [6, 6.07) is 3.65. The summed E-state index contributed by atoms with van der Waals surface area (Å²) in [5.41, 5.74) is -2.22. The summed E-state index contributed by atoms with van der Waals surface area (Å²) >= 11 is 0. The van der Waals surface area contributed by atoms with Gasteiger partial charge in [0.1, 0.15) is 5.60 Å². The molecule has 0 saturated carbocycles. The first-order valence-corrected chi connectivity index (χ1v) is 7.25. The number of nitrogens with zero attached hydrogens (tertiary/aromatic N) is 3. The Labute approximate surface area is 145 Å². The molecular formula is C15H15F3N4O4. The maximum Gasteiger partial charge on any atom is 0.416 e. The number of ether oxygens (including phenoxy) is 1. The number of aromatic nitrogens is 3. The molecule has 0 radical (unpaired) electrons. The number of carboxylic acids is 1.